The van der Waals surface area contributed by atoms with E-state index in [1.165, 1.54) is 7.11 Å². The second-order valence-corrected chi connectivity index (χ2v) is 13.2. The van der Waals surface area contributed by atoms with Crippen LogP contribution >= 0.6 is 22.6 Å². The molecule has 9 nitrogen and oxygen atoms in total. The van der Waals surface area contributed by atoms with Gasteiger partial charge < -0.3 is 9.84 Å². The van der Waals surface area contributed by atoms with Gasteiger partial charge in [0.1, 0.15) is 0 Å². The summed E-state index contributed by atoms with van der Waals surface area (Å²) in [6, 6.07) is 20.3. The van der Waals surface area contributed by atoms with Crippen molar-refractivity contribution >= 4 is 51.9 Å². The number of hydrogen-bond acceptors (Lipinski definition) is 7. The molecule has 6 atom stereocenters. The molecular weight excluding hydrogens is 673 g/mol. The number of phenols is 1. The molecule has 4 aliphatic rings. The van der Waals surface area contributed by atoms with Gasteiger partial charge in [0.05, 0.1) is 39.5 Å². The third-order valence-corrected chi connectivity index (χ3v) is 10.7. The summed E-state index contributed by atoms with van der Waals surface area (Å²) in [7, 11) is 1.46. The van der Waals surface area contributed by atoms with Crippen LogP contribution in [0.3, 0.4) is 0 Å². The van der Waals surface area contributed by atoms with Crippen LogP contribution in [0.4, 0.5) is 5.69 Å². The number of allylic oxidation sites excluding steroid dienone is 2. The van der Waals surface area contributed by atoms with Crippen LogP contribution in [0.5, 0.6) is 11.5 Å². The molecule has 0 radical (unpaired) electrons. The number of nitrogens with one attached hydrogen (secondary N) is 2. The van der Waals surface area contributed by atoms with Gasteiger partial charge in [0, 0.05) is 5.92 Å². The number of anilines is 1. The molecule has 0 bridgehead atoms. The van der Waals surface area contributed by atoms with Crippen LogP contribution in [-0.2, 0) is 24.6 Å². The maximum atomic E-state index is 15.1. The number of hydrazine groups is 1. The molecule has 224 valence electrons. The monoisotopic (exact) mass is 703 g/mol. The van der Waals surface area contributed by atoms with Crippen molar-refractivity contribution < 1.29 is 29.0 Å². The van der Waals surface area contributed by atoms with Crippen molar-refractivity contribution in [1.29, 1.82) is 0 Å². The first-order chi connectivity index (χ1) is 21.2. The number of amides is 4. The van der Waals surface area contributed by atoms with E-state index in [1.54, 1.807) is 6.07 Å². The van der Waals surface area contributed by atoms with Gasteiger partial charge >= 0.3 is 0 Å². The lowest BCUT2D eigenvalue weighted by molar-refractivity contribution is -0.138. The SMILES string of the molecule is COc1cc(C2C3=CCC4C(=O)NC(=O)C4C3CC3C(=O)N(Nc4ccc(C)cc4)C(=O)C32c2ccccc2)cc(I)c1O. The van der Waals surface area contributed by atoms with E-state index >= 15 is 4.79 Å². The molecule has 6 unspecified atom stereocenters. The van der Waals surface area contributed by atoms with E-state index in [-0.39, 0.29) is 29.7 Å². The van der Waals surface area contributed by atoms with Crippen LogP contribution in [-0.4, -0.2) is 40.9 Å². The summed E-state index contributed by atoms with van der Waals surface area (Å²) in [6.07, 6.45) is 2.57. The third-order valence-electron chi connectivity index (χ3n) is 9.84. The Hall–Kier alpha value is -4.19. The van der Waals surface area contributed by atoms with Crippen LogP contribution in [0.15, 0.2) is 78.4 Å². The molecule has 1 saturated carbocycles. The van der Waals surface area contributed by atoms with Gasteiger partial charge in [0.15, 0.2) is 11.5 Å². The largest absolute Gasteiger partial charge is 0.504 e. The van der Waals surface area contributed by atoms with Gasteiger partial charge in [-0.25, -0.2) is 0 Å². The Kier molecular flexibility index (Phi) is 6.80. The molecule has 3 fully saturated rings. The Morgan fingerprint density at radius 1 is 1.00 bits per heavy atom. The lowest BCUT2D eigenvalue weighted by Crippen LogP contribution is -2.53. The molecule has 0 aromatic heterocycles. The van der Waals surface area contributed by atoms with E-state index in [1.807, 2.05) is 96.3 Å². The lowest BCUT2D eigenvalue weighted by atomic mass is 9.49. The van der Waals surface area contributed by atoms with Gasteiger partial charge in [-0.15, -0.1) is 0 Å². The minimum atomic E-state index is -1.38. The van der Waals surface area contributed by atoms with Gasteiger partial charge in [-0.05, 0) is 83.7 Å². The summed E-state index contributed by atoms with van der Waals surface area (Å²) in [6.45, 7) is 1.96. The van der Waals surface area contributed by atoms with E-state index in [2.05, 4.69) is 10.7 Å². The Morgan fingerprint density at radius 2 is 1.73 bits per heavy atom. The highest BCUT2D eigenvalue weighted by molar-refractivity contribution is 14.1. The van der Waals surface area contributed by atoms with Crippen molar-refractivity contribution in [1.82, 2.24) is 10.3 Å². The van der Waals surface area contributed by atoms with E-state index in [0.29, 0.717) is 26.8 Å². The molecule has 2 heterocycles. The number of carbonyl (C=O) groups excluding carboxylic acids is 4. The highest BCUT2D eigenvalue weighted by Gasteiger charge is 2.70. The van der Waals surface area contributed by atoms with Crippen molar-refractivity contribution in [3.8, 4) is 11.5 Å². The molecule has 3 N–H and O–H groups in total. The first-order valence-electron chi connectivity index (χ1n) is 14.5. The van der Waals surface area contributed by atoms with Crippen molar-refractivity contribution in [2.24, 2.45) is 23.7 Å². The zero-order valence-corrected chi connectivity index (χ0v) is 26.2. The average molecular weight is 704 g/mol. The second-order valence-electron chi connectivity index (χ2n) is 12.0. The molecule has 44 heavy (non-hydrogen) atoms. The first kappa shape index (κ1) is 28.6. The maximum Gasteiger partial charge on any atom is 0.260 e. The molecule has 3 aromatic carbocycles. The Balaban J connectivity index is 1.49. The highest BCUT2D eigenvalue weighted by Crippen LogP contribution is 2.64. The van der Waals surface area contributed by atoms with Crippen molar-refractivity contribution in [2.45, 2.75) is 31.1 Å². The maximum absolute atomic E-state index is 15.1. The number of imide groups is 2. The zero-order valence-electron chi connectivity index (χ0n) is 24.0. The van der Waals surface area contributed by atoms with E-state index in [9.17, 15) is 19.5 Å². The number of methoxy groups -OCH3 is 1. The lowest BCUT2D eigenvalue weighted by Gasteiger charge is -2.50. The fraction of sp³-hybridized carbons (Fsp3) is 0.294. The van der Waals surface area contributed by atoms with Crippen molar-refractivity contribution in [2.75, 3.05) is 12.5 Å². The summed E-state index contributed by atoms with van der Waals surface area (Å²) in [5.41, 5.74) is 5.54. The molecule has 3 aromatic rings. The number of nitrogens with zero attached hydrogens (tertiary/aromatic N) is 1. The number of carbonyl (C=O) groups is 4. The molecule has 2 saturated heterocycles. The summed E-state index contributed by atoms with van der Waals surface area (Å²) < 4.78 is 6.07. The normalized spacial score (nSPS) is 29.0. The first-order valence-corrected chi connectivity index (χ1v) is 15.6. The molecule has 4 amide bonds. The topological polar surface area (TPSA) is 125 Å². The van der Waals surface area contributed by atoms with Crippen LogP contribution in [0.1, 0.15) is 35.4 Å². The minimum Gasteiger partial charge on any atom is -0.504 e. The predicted octanol–water partition coefficient (Wildman–Crippen LogP) is 4.59. The number of aromatic hydroxyl groups is 1. The van der Waals surface area contributed by atoms with Gasteiger partial charge in [-0.1, -0.05) is 59.7 Å². The van der Waals surface area contributed by atoms with Gasteiger partial charge in [0.2, 0.25) is 11.8 Å². The number of fused-ring (bicyclic) bond motifs is 4. The van der Waals surface area contributed by atoms with Crippen molar-refractivity contribution in [3.05, 3.63) is 98.6 Å². The molecule has 2 aliphatic carbocycles. The van der Waals surface area contributed by atoms with Crippen LogP contribution in [0, 0.1) is 34.2 Å². The number of halogens is 1. The fourth-order valence-electron chi connectivity index (χ4n) is 7.95. The second kappa shape index (κ2) is 10.5. The predicted molar refractivity (Wildman–Crippen MR) is 169 cm³/mol. The number of hydrogen-bond donors (Lipinski definition) is 3. The number of benzene rings is 3. The molecule has 2 aliphatic heterocycles. The summed E-state index contributed by atoms with van der Waals surface area (Å²) in [5, 5.41) is 14.4. The standard InChI is InChI=1S/C34H30IN3O6/c1-17-8-10-20(11-9-17)37-38-32(42)24-16-23-21(12-13-22-27(23)31(41)36-30(22)40)28(18-14-25(35)29(39)26(15-18)44-2)34(24,33(38)43)19-6-4-3-5-7-19/h3-12,14-15,22-24,27-28,37,39H,13,16H2,1-2H3,(H,36,40,41). The minimum absolute atomic E-state index is 0.0236. The Bertz CT molecular complexity index is 1760. The van der Waals surface area contributed by atoms with Crippen LogP contribution < -0.4 is 15.5 Å². The Labute approximate surface area is 267 Å². The molecular formula is C34H30IN3O6. The zero-order chi connectivity index (χ0) is 30.9. The Morgan fingerprint density at radius 3 is 2.43 bits per heavy atom. The molecule has 0 spiro atoms. The number of phenolic OH excluding ortho intramolecular Hbond substituents is 1. The molecule has 10 heteroatoms. The number of aryl methyl sites for hydroxylation is 1. The van der Waals surface area contributed by atoms with Gasteiger partial charge in [0.25, 0.3) is 11.8 Å². The third kappa shape index (κ3) is 4.03. The highest BCUT2D eigenvalue weighted by atomic mass is 127. The van der Waals surface area contributed by atoms with E-state index in [0.717, 1.165) is 16.1 Å². The van der Waals surface area contributed by atoms with Gasteiger partial charge in [-0.3, -0.25) is 29.9 Å². The number of rotatable bonds is 5. The quantitative estimate of drug-likeness (QED) is 0.202. The van der Waals surface area contributed by atoms with E-state index in [4.69, 9.17) is 4.74 Å². The summed E-state index contributed by atoms with van der Waals surface area (Å²) in [5.74, 6) is -4.37. The average Bonchev–Trinajstić information content (AvgIpc) is 3.43. The fourth-order valence-corrected chi connectivity index (χ4v) is 8.57. The summed E-state index contributed by atoms with van der Waals surface area (Å²) in [4.78, 5) is 55.6. The number of ether oxygens (including phenoxy) is 1. The smallest absolute Gasteiger partial charge is 0.260 e. The molecule has 7 rings (SSSR count). The van der Waals surface area contributed by atoms with Crippen molar-refractivity contribution in [3.63, 3.8) is 0 Å². The van der Waals surface area contributed by atoms with Crippen LogP contribution in [0.25, 0.3) is 0 Å². The van der Waals surface area contributed by atoms with Gasteiger partial charge in [-0.2, -0.15) is 5.01 Å². The van der Waals surface area contributed by atoms with Crippen LogP contribution in [0.2, 0.25) is 0 Å². The van der Waals surface area contributed by atoms with E-state index < -0.39 is 46.8 Å². The summed E-state index contributed by atoms with van der Waals surface area (Å²) >= 11 is 2.03.